The molecule has 4 nitrogen and oxygen atoms in total. The summed E-state index contributed by atoms with van der Waals surface area (Å²) in [6.45, 7) is 3.10. The molecular weight excluding hydrogens is 262 g/mol. The summed E-state index contributed by atoms with van der Waals surface area (Å²) in [5.41, 5.74) is 1.22. The Morgan fingerprint density at radius 3 is 2.81 bits per heavy atom. The average Bonchev–Trinajstić information content (AvgIpc) is 3.15. The van der Waals surface area contributed by atoms with Crippen LogP contribution >= 0.6 is 0 Å². The first-order valence-electron chi connectivity index (χ1n) is 8.61. The zero-order chi connectivity index (χ0) is 14.7. The van der Waals surface area contributed by atoms with Gasteiger partial charge in [-0.1, -0.05) is 19.3 Å². The molecule has 3 atom stereocenters. The lowest BCUT2D eigenvalue weighted by Crippen LogP contribution is -2.38. The monoisotopic (exact) mass is 291 g/mol. The summed E-state index contributed by atoms with van der Waals surface area (Å²) in [7, 11) is 2.06. The van der Waals surface area contributed by atoms with Gasteiger partial charge in [-0.05, 0) is 39.3 Å². The van der Waals surface area contributed by atoms with Crippen LogP contribution in [0.2, 0.25) is 0 Å². The van der Waals surface area contributed by atoms with Crippen molar-refractivity contribution in [3.8, 4) is 0 Å². The van der Waals surface area contributed by atoms with Crippen LogP contribution in [0.25, 0.3) is 0 Å². The Morgan fingerprint density at radius 1 is 1.33 bits per heavy atom. The Hall–Kier alpha value is -0.870. The highest BCUT2D eigenvalue weighted by Gasteiger charge is 2.31. The summed E-state index contributed by atoms with van der Waals surface area (Å²) < 4.78 is 7.94. The molecule has 21 heavy (non-hydrogen) atoms. The third-order valence-electron chi connectivity index (χ3n) is 5.36. The fourth-order valence-electron chi connectivity index (χ4n) is 4.00. The van der Waals surface area contributed by atoms with Crippen molar-refractivity contribution in [3.63, 3.8) is 0 Å². The predicted molar refractivity (Wildman–Crippen MR) is 84.4 cm³/mol. The average molecular weight is 291 g/mol. The molecule has 0 bridgehead atoms. The molecule has 0 aromatic carbocycles. The molecule has 2 fully saturated rings. The van der Waals surface area contributed by atoms with E-state index in [9.17, 15) is 0 Å². The SMILES string of the molecule is CNC(Cc1ccn(C2CCCCC2)n1)C1CCOC1C. The standard InChI is InChI=1S/C17H29N3O/c1-13-16(9-11-21-13)17(18-2)12-14-8-10-20(19-14)15-6-4-3-5-7-15/h8,10,13,15-18H,3-7,9,11-12H2,1-2H3. The normalized spacial score (nSPS) is 28.9. The summed E-state index contributed by atoms with van der Waals surface area (Å²) in [5.74, 6) is 0.606. The van der Waals surface area contributed by atoms with Crippen molar-refractivity contribution >= 4 is 0 Å². The molecule has 0 radical (unpaired) electrons. The van der Waals surface area contributed by atoms with Gasteiger partial charge in [0, 0.05) is 31.2 Å². The van der Waals surface area contributed by atoms with E-state index >= 15 is 0 Å². The molecule has 0 amide bonds. The quantitative estimate of drug-likeness (QED) is 0.906. The fourth-order valence-corrected chi connectivity index (χ4v) is 4.00. The van der Waals surface area contributed by atoms with Crippen LogP contribution in [-0.2, 0) is 11.2 Å². The van der Waals surface area contributed by atoms with E-state index in [0.717, 1.165) is 19.4 Å². The van der Waals surface area contributed by atoms with Gasteiger partial charge in [0.1, 0.15) is 0 Å². The largest absolute Gasteiger partial charge is 0.378 e. The zero-order valence-corrected chi connectivity index (χ0v) is 13.4. The molecule has 2 aliphatic rings. The molecule has 1 aliphatic heterocycles. The summed E-state index contributed by atoms with van der Waals surface area (Å²) in [6.07, 6.45) is 11.4. The second-order valence-corrected chi connectivity index (χ2v) is 6.71. The predicted octanol–water partition coefficient (Wildman–Crippen LogP) is 2.94. The minimum Gasteiger partial charge on any atom is -0.378 e. The van der Waals surface area contributed by atoms with E-state index in [4.69, 9.17) is 9.84 Å². The molecule has 118 valence electrons. The Morgan fingerprint density at radius 2 is 2.14 bits per heavy atom. The van der Waals surface area contributed by atoms with Gasteiger partial charge in [0.2, 0.25) is 0 Å². The number of likely N-dealkylation sites (N-methyl/N-ethyl adjacent to an activating group) is 1. The molecule has 0 spiro atoms. The molecule has 1 saturated carbocycles. The van der Waals surface area contributed by atoms with Crippen LogP contribution in [0.1, 0.15) is 57.2 Å². The number of nitrogens with zero attached hydrogens (tertiary/aromatic N) is 2. The van der Waals surface area contributed by atoms with Gasteiger partial charge in [-0.15, -0.1) is 0 Å². The van der Waals surface area contributed by atoms with Crippen molar-refractivity contribution in [2.75, 3.05) is 13.7 Å². The van der Waals surface area contributed by atoms with E-state index in [-0.39, 0.29) is 0 Å². The van der Waals surface area contributed by atoms with Crippen LogP contribution in [0, 0.1) is 5.92 Å². The van der Waals surface area contributed by atoms with Crippen LogP contribution in [-0.4, -0.2) is 35.6 Å². The fraction of sp³-hybridized carbons (Fsp3) is 0.824. The van der Waals surface area contributed by atoms with Gasteiger partial charge in [0.05, 0.1) is 17.8 Å². The van der Waals surface area contributed by atoms with Crippen molar-refractivity contribution in [3.05, 3.63) is 18.0 Å². The molecule has 4 heteroatoms. The minimum atomic E-state index is 0.364. The highest BCUT2D eigenvalue weighted by Crippen LogP contribution is 2.28. The smallest absolute Gasteiger partial charge is 0.0640 e. The maximum atomic E-state index is 5.72. The van der Waals surface area contributed by atoms with E-state index < -0.39 is 0 Å². The number of hydrogen-bond donors (Lipinski definition) is 1. The number of aromatic nitrogens is 2. The van der Waals surface area contributed by atoms with Crippen molar-refractivity contribution in [2.45, 2.75) is 70.1 Å². The maximum Gasteiger partial charge on any atom is 0.0640 e. The van der Waals surface area contributed by atoms with Gasteiger partial charge in [-0.3, -0.25) is 4.68 Å². The molecule has 1 saturated heterocycles. The molecule has 3 unspecified atom stereocenters. The first kappa shape index (κ1) is 15.0. The van der Waals surface area contributed by atoms with E-state index in [0.29, 0.717) is 24.1 Å². The molecule has 1 aliphatic carbocycles. The summed E-state index contributed by atoms with van der Waals surface area (Å²) in [5, 5.41) is 8.34. The first-order chi connectivity index (χ1) is 10.3. The Labute approximate surface area is 128 Å². The van der Waals surface area contributed by atoms with Crippen LogP contribution in [0.4, 0.5) is 0 Å². The zero-order valence-electron chi connectivity index (χ0n) is 13.4. The Balaban J connectivity index is 1.62. The van der Waals surface area contributed by atoms with Gasteiger partial charge in [0.15, 0.2) is 0 Å². The van der Waals surface area contributed by atoms with Gasteiger partial charge >= 0.3 is 0 Å². The second kappa shape index (κ2) is 6.93. The number of hydrogen-bond acceptors (Lipinski definition) is 3. The van der Waals surface area contributed by atoms with Crippen LogP contribution < -0.4 is 5.32 Å². The van der Waals surface area contributed by atoms with Gasteiger partial charge in [-0.2, -0.15) is 5.10 Å². The molecule has 2 heterocycles. The van der Waals surface area contributed by atoms with Crippen molar-refractivity contribution in [1.82, 2.24) is 15.1 Å². The summed E-state index contributed by atoms with van der Waals surface area (Å²) in [6, 6.07) is 3.31. The van der Waals surface area contributed by atoms with Crippen LogP contribution in [0.3, 0.4) is 0 Å². The first-order valence-corrected chi connectivity index (χ1v) is 8.61. The van der Waals surface area contributed by atoms with Gasteiger partial charge < -0.3 is 10.1 Å². The minimum absolute atomic E-state index is 0.364. The van der Waals surface area contributed by atoms with Crippen LogP contribution in [0.15, 0.2) is 12.3 Å². The van der Waals surface area contributed by atoms with Crippen molar-refractivity contribution in [1.29, 1.82) is 0 Å². The van der Waals surface area contributed by atoms with E-state index in [2.05, 4.69) is 36.2 Å². The third kappa shape index (κ3) is 3.49. The molecule has 1 N–H and O–H groups in total. The lowest BCUT2D eigenvalue weighted by atomic mass is 9.90. The van der Waals surface area contributed by atoms with Crippen LogP contribution in [0.5, 0.6) is 0 Å². The maximum absolute atomic E-state index is 5.72. The highest BCUT2D eigenvalue weighted by molar-refractivity contribution is 5.04. The topological polar surface area (TPSA) is 39.1 Å². The summed E-state index contributed by atoms with van der Waals surface area (Å²) in [4.78, 5) is 0. The number of rotatable bonds is 5. The third-order valence-corrected chi connectivity index (χ3v) is 5.36. The van der Waals surface area contributed by atoms with Crippen molar-refractivity contribution in [2.24, 2.45) is 5.92 Å². The van der Waals surface area contributed by atoms with Crippen molar-refractivity contribution < 1.29 is 4.74 Å². The van der Waals surface area contributed by atoms with Gasteiger partial charge in [0.25, 0.3) is 0 Å². The lowest BCUT2D eigenvalue weighted by Gasteiger charge is -2.25. The lowest BCUT2D eigenvalue weighted by molar-refractivity contribution is 0.0961. The Bertz CT molecular complexity index is 439. The molecule has 1 aromatic heterocycles. The molecular formula is C17H29N3O. The summed E-state index contributed by atoms with van der Waals surface area (Å²) >= 11 is 0. The van der Waals surface area contributed by atoms with E-state index in [1.165, 1.54) is 37.8 Å². The Kier molecular flexibility index (Phi) is 4.96. The number of ether oxygens (including phenoxy) is 1. The molecule has 3 rings (SSSR count). The highest BCUT2D eigenvalue weighted by atomic mass is 16.5. The van der Waals surface area contributed by atoms with E-state index in [1.54, 1.807) is 0 Å². The van der Waals surface area contributed by atoms with E-state index in [1.807, 2.05) is 0 Å². The molecule has 1 aromatic rings. The van der Waals surface area contributed by atoms with Gasteiger partial charge in [-0.25, -0.2) is 0 Å². The number of nitrogens with one attached hydrogen (secondary N) is 1. The second-order valence-electron chi connectivity index (χ2n) is 6.71.